The summed E-state index contributed by atoms with van der Waals surface area (Å²) >= 11 is 3.77. The monoisotopic (exact) mass is 374 g/mol. The van der Waals surface area contributed by atoms with Crippen LogP contribution in [0.3, 0.4) is 0 Å². The first-order chi connectivity index (χ1) is 8.65. The van der Waals surface area contributed by atoms with E-state index in [1.807, 2.05) is 6.07 Å². The van der Waals surface area contributed by atoms with Gasteiger partial charge in [0.05, 0.1) is 14.1 Å². The molecule has 18 heavy (non-hydrogen) atoms. The average Bonchev–Trinajstić information content (AvgIpc) is 2.83. The number of nitrogens with one attached hydrogen (secondary N) is 1. The molecule has 96 valence electrons. The van der Waals surface area contributed by atoms with Crippen molar-refractivity contribution in [1.82, 2.24) is 9.97 Å². The predicted octanol–water partition coefficient (Wildman–Crippen LogP) is 3.62. The van der Waals surface area contributed by atoms with Crippen LogP contribution in [0.25, 0.3) is 10.7 Å². The van der Waals surface area contributed by atoms with Gasteiger partial charge < -0.3 is 4.98 Å². The summed E-state index contributed by atoms with van der Waals surface area (Å²) in [7, 11) is 0. The van der Waals surface area contributed by atoms with Crippen molar-refractivity contribution < 1.29 is 0 Å². The second-order valence-electron chi connectivity index (χ2n) is 4.04. The molecule has 0 radical (unpaired) electrons. The van der Waals surface area contributed by atoms with Gasteiger partial charge in [-0.1, -0.05) is 20.3 Å². The molecule has 2 heterocycles. The first-order valence-corrected chi connectivity index (χ1v) is 7.93. The SMILES string of the molecule is CCCc1nc(-c2ccc(CC)s2)[nH]c(=O)c1I. The summed E-state index contributed by atoms with van der Waals surface area (Å²) in [6.07, 6.45) is 2.86. The number of aromatic amines is 1. The lowest BCUT2D eigenvalue weighted by molar-refractivity contribution is 0.861. The molecular weight excluding hydrogens is 359 g/mol. The van der Waals surface area contributed by atoms with E-state index in [1.54, 1.807) is 11.3 Å². The Balaban J connectivity index is 2.48. The molecular formula is C13H15IN2OS. The Kier molecular flexibility index (Phi) is 4.55. The summed E-state index contributed by atoms with van der Waals surface area (Å²) in [5.41, 5.74) is 0.874. The molecule has 0 unspecified atom stereocenters. The van der Waals surface area contributed by atoms with Gasteiger partial charge in [-0.25, -0.2) is 4.98 Å². The van der Waals surface area contributed by atoms with Gasteiger partial charge in [0, 0.05) is 4.88 Å². The summed E-state index contributed by atoms with van der Waals surface area (Å²) in [4.78, 5) is 21.7. The van der Waals surface area contributed by atoms with Gasteiger partial charge >= 0.3 is 0 Å². The van der Waals surface area contributed by atoms with Crippen molar-refractivity contribution in [3.05, 3.63) is 36.6 Å². The molecule has 3 nitrogen and oxygen atoms in total. The summed E-state index contributed by atoms with van der Waals surface area (Å²) in [6, 6.07) is 4.13. The zero-order chi connectivity index (χ0) is 13.1. The Hall–Kier alpha value is -0.690. The second-order valence-corrected chi connectivity index (χ2v) is 6.29. The van der Waals surface area contributed by atoms with E-state index in [2.05, 4.69) is 52.5 Å². The van der Waals surface area contributed by atoms with E-state index in [0.29, 0.717) is 9.39 Å². The molecule has 0 aliphatic carbocycles. The Morgan fingerprint density at radius 1 is 1.39 bits per heavy atom. The normalized spacial score (nSPS) is 10.8. The molecule has 0 atom stereocenters. The van der Waals surface area contributed by atoms with Gasteiger partial charge in [0.25, 0.3) is 5.56 Å². The van der Waals surface area contributed by atoms with E-state index in [1.165, 1.54) is 4.88 Å². The molecule has 0 amide bonds. The molecule has 2 rings (SSSR count). The maximum atomic E-state index is 11.9. The maximum Gasteiger partial charge on any atom is 0.264 e. The summed E-state index contributed by atoms with van der Waals surface area (Å²) in [5, 5.41) is 0. The first-order valence-electron chi connectivity index (χ1n) is 6.03. The van der Waals surface area contributed by atoms with Crippen LogP contribution in [0, 0.1) is 3.57 Å². The van der Waals surface area contributed by atoms with Crippen molar-refractivity contribution in [1.29, 1.82) is 0 Å². The van der Waals surface area contributed by atoms with Crippen molar-refractivity contribution in [3.8, 4) is 10.7 Å². The molecule has 0 fully saturated rings. The van der Waals surface area contributed by atoms with Gasteiger partial charge in [0.2, 0.25) is 0 Å². The number of hydrogen-bond acceptors (Lipinski definition) is 3. The van der Waals surface area contributed by atoms with Crippen LogP contribution in [0.5, 0.6) is 0 Å². The number of rotatable bonds is 4. The Bertz CT molecular complexity index is 603. The van der Waals surface area contributed by atoms with Crippen LogP contribution in [-0.2, 0) is 12.8 Å². The van der Waals surface area contributed by atoms with Crippen LogP contribution in [0.2, 0.25) is 0 Å². The van der Waals surface area contributed by atoms with Crippen LogP contribution < -0.4 is 5.56 Å². The molecule has 0 saturated carbocycles. The van der Waals surface area contributed by atoms with E-state index < -0.39 is 0 Å². The van der Waals surface area contributed by atoms with Crippen molar-refractivity contribution >= 4 is 33.9 Å². The van der Waals surface area contributed by atoms with E-state index in [9.17, 15) is 4.79 Å². The molecule has 5 heteroatoms. The van der Waals surface area contributed by atoms with Crippen LogP contribution >= 0.6 is 33.9 Å². The third-order valence-corrected chi connectivity index (χ3v) is 5.01. The summed E-state index contributed by atoms with van der Waals surface area (Å²) in [5.74, 6) is 0.702. The maximum absolute atomic E-state index is 11.9. The van der Waals surface area contributed by atoms with E-state index in [0.717, 1.165) is 29.8 Å². The Morgan fingerprint density at radius 3 is 2.78 bits per heavy atom. The fourth-order valence-electron chi connectivity index (χ4n) is 1.72. The zero-order valence-electron chi connectivity index (χ0n) is 10.4. The van der Waals surface area contributed by atoms with Crippen molar-refractivity contribution in [2.45, 2.75) is 33.1 Å². The molecule has 2 aromatic rings. The smallest absolute Gasteiger partial charge is 0.264 e. The highest BCUT2D eigenvalue weighted by molar-refractivity contribution is 14.1. The number of aromatic nitrogens is 2. The lowest BCUT2D eigenvalue weighted by atomic mass is 10.2. The minimum absolute atomic E-state index is 0.0319. The molecule has 0 aliphatic rings. The molecule has 0 bridgehead atoms. The fraction of sp³-hybridized carbons (Fsp3) is 0.385. The molecule has 0 spiro atoms. The minimum atomic E-state index is -0.0319. The van der Waals surface area contributed by atoms with Crippen molar-refractivity contribution in [3.63, 3.8) is 0 Å². The van der Waals surface area contributed by atoms with E-state index in [-0.39, 0.29) is 5.56 Å². The van der Waals surface area contributed by atoms with Crippen LogP contribution in [0.4, 0.5) is 0 Å². The Labute approximate surface area is 124 Å². The van der Waals surface area contributed by atoms with Gasteiger partial charge in [-0.05, 0) is 47.6 Å². The molecule has 0 aromatic carbocycles. The average molecular weight is 374 g/mol. The number of H-pyrrole nitrogens is 1. The minimum Gasteiger partial charge on any atom is -0.305 e. The van der Waals surface area contributed by atoms with Crippen molar-refractivity contribution in [2.24, 2.45) is 0 Å². The second kappa shape index (κ2) is 5.97. The Morgan fingerprint density at radius 2 is 2.17 bits per heavy atom. The standard InChI is InChI=1S/C13H15IN2OS/c1-3-5-9-11(14)13(17)16-12(15-9)10-7-6-8(4-2)18-10/h6-7H,3-5H2,1-2H3,(H,15,16,17). The van der Waals surface area contributed by atoms with Crippen LogP contribution in [0.1, 0.15) is 30.8 Å². The molecule has 2 aromatic heterocycles. The first kappa shape index (κ1) is 13.7. The third-order valence-electron chi connectivity index (χ3n) is 2.66. The number of nitrogens with zero attached hydrogens (tertiary/aromatic N) is 1. The van der Waals surface area contributed by atoms with E-state index >= 15 is 0 Å². The molecule has 1 N–H and O–H groups in total. The largest absolute Gasteiger partial charge is 0.305 e. The topological polar surface area (TPSA) is 45.8 Å². The van der Waals surface area contributed by atoms with Gasteiger partial charge in [-0.3, -0.25) is 4.79 Å². The number of halogens is 1. The van der Waals surface area contributed by atoms with Gasteiger partial charge in [0.15, 0.2) is 5.82 Å². The van der Waals surface area contributed by atoms with Crippen LogP contribution in [-0.4, -0.2) is 9.97 Å². The highest BCUT2D eigenvalue weighted by Gasteiger charge is 2.11. The lowest BCUT2D eigenvalue weighted by Crippen LogP contribution is -2.16. The quantitative estimate of drug-likeness (QED) is 0.831. The molecule has 0 aliphatic heterocycles. The zero-order valence-corrected chi connectivity index (χ0v) is 13.4. The highest BCUT2D eigenvalue weighted by Crippen LogP contribution is 2.25. The fourth-order valence-corrected chi connectivity index (χ4v) is 3.14. The summed E-state index contributed by atoms with van der Waals surface area (Å²) in [6.45, 7) is 4.22. The lowest BCUT2D eigenvalue weighted by Gasteiger charge is -2.04. The highest BCUT2D eigenvalue weighted by atomic mass is 127. The van der Waals surface area contributed by atoms with Gasteiger partial charge in [-0.2, -0.15) is 0 Å². The van der Waals surface area contributed by atoms with Gasteiger partial charge in [0.1, 0.15) is 0 Å². The predicted molar refractivity (Wildman–Crippen MR) is 84.3 cm³/mol. The molecule has 0 saturated heterocycles. The van der Waals surface area contributed by atoms with Crippen LogP contribution in [0.15, 0.2) is 16.9 Å². The van der Waals surface area contributed by atoms with Gasteiger partial charge in [-0.15, -0.1) is 11.3 Å². The number of hydrogen-bond donors (Lipinski definition) is 1. The summed E-state index contributed by atoms with van der Waals surface area (Å²) < 4.78 is 0.713. The van der Waals surface area contributed by atoms with Crippen molar-refractivity contribution in [2.75, 3.05) is 0 Å². The number of aryl methyl sites for hydroxylation is 2. The third kappa shape index (κ3) is 2.83. The van der Waals surface area contributed by atoms with E-state index in [4.69, 9.17) is 0 Å². The number of thiophene rings is 1.